The molecule has 1 fully saturated rings. The minimum absolute atomic E-state index is 0.0867. The van der Waals surface area contributed by atoms with Crippen LogP contribution in [0.4, 0.5) is 0 Å². The Hall–Kier alpha value is -2.08. The highest BCUT2D eigenvalue weighted by atomic mass is 16.2. The summed E-state index contributed by atoms with van der Waals surface area (Å²) >= 11 is 0. The van der Waals surface area contributed by atoms with Crippen molar-refractivity contribution in [2.45, 2.75) is 31.7 Å². The predicted octanol–water partition coefficient (Wildman–Crippen LogP) is 1.13. The van der Waals surface area contributed by atoms with Gasteiger partial charge in [-0.05, 0) is 31.0 Å². The van der Waals surface area contributed by atoms with Crippen molar-refractivity contribution < 1.29 is 4.79 Å². The average Bonchev–Trinajstić information content (AvgIpc) is 3.09. The van der Waals surface area contributed by atoms with E-state index < -0.39 is 0 Å². The Balaban J connectivity index is 1.96. The number of carbonyl (C=O) groups excluding carboxylic acids is 1. The zero-order valence-corrected chi connectivity index (χ0v) is 11.9. The lowest BCUT2D eigenvalue weighted by atomic mass is 10.1. The Bertz CT molecular complexity index is 710. The molecule has 1 aliphatic carbocycles. The van der Waals surface area contributed by atoms with Crippen molar-refractivity contribution in [3.8, 4) is 0 Å². The monoisotopic (exact) mass is 288 g/mol. The molecule has 1 aliphatic rings. The fourth-order valence-corrected chi connectivity index (χ4v) is 3.09. The van der Waals surface area contributed by atoms with Crippen LogP contribution in [-0.2, 0) is 0 Å². The maximum absolute atomic E-state index is 12.2. The number of imidazole rings is 1. The number of hydrogen-bond donors (Lipinski definition) is 3. The van der Waals surface area contributed by atoms with Crippen molar-refractivity contribution in [3.63, 3.8) is 0 Å². The lowest BCUT2D eigenvalue weighted by Crippen LogP contribution is -2.28. The number of rotatable bonds is 4. The minimum atomic E-state index is -0.170. The first-order valence-electron chi connectivity index (χ1n) is 7.43. The van der Waals surface area contributed by atoms with E-state index in [4.69, 9.17) is 5.73 Å². The van der Waals surface area contributed by atoms with E-state index in [9.17, 15) is 9.59 Å². The largest absolute Gasteiger partial charge is 0.351 e. The molecule has 0 aliphatic heterocycles. The van der Waals surface area contributed by atoms with E-state index in [1.54, 1.807) is 12.1 Å². The quantitative estimate of drug-likeness (QED) is 0.787. The van der Waals surface area contributed by atoms with Gasteiger partial charge in [0.25, 0.3) is 5.91 Å². The number of amides is 1. The summed E-state index contributed by atoms with van der Waals surface area (Å²) in [4.78, 5) is 27.0. The highest BCUT2D eigenvalue weighted by Gasteiger charge is 2.21. The predicted molar refractivity (Wildman–Crippen MR) is 81.5 cm³/mol. The van der Waals surface area contributed by atoms with E-state index in [0.29, 0.717) is 24.2 Å². The van der Waals surface area contributed by atoms with Gasteiger partial charge in [-0.3, -0.25) is 9.36 Å². The number of nitrogens with zero attached hydrogens (tertiary/aromatic N) is 1. The SMILES string of the molecule is NCCNC(=O)c1ccc2c(c1)[nH]c(=O)n2C1CCCC1. The lowest BCUT2D eigenvalue weighted by molar-refractivity contribution is 0.0955. The zero-order chi connectivity index (χ0) is 14.8. The number of fused-ring (bicyclic) bond motifs is 1. The van der Waals surface area contributed by atoms with E-state index in [1.807, 2.05) is 10.6 Å². The number of carbonyl (C=O) groups is 1. The van der Waals surface area contributed by atoms with Crippen LogP contribution in [-0.4, -0.2) is 28.5 Å². The van der Waals surface area contributed by atoms with Crippen molar-refractivity contribution >= 4 is 16.9 Å². The van der Waals surface area contributed by atoms with Crippen LogP contribution in [0.15, 0.2) is 23.0 Å². The van der Waals surface area contributed by atoms with Crippen LogP contribution < -0.4 is 16.7 Å². The van der Waals surface area contributed by atoms with Gasteiger partial charge in [-0.15, -0.1) is 0 Å². The standard InChI is InChI=1S/C15H20N4O2/c16-7-8-17-14(20)10-5-6-13-12(9-10)18-15(21)19(13)11-3-1-2-4-11/h5-6,9,11H,1-4,7-8,16H2,(H,17,20)(H,18,21). The van der Waals surface area contributed by atoms with Crippen molar-refractivity contribution in [2.75, 3.05) is 13.1 Å². The van der Waals surface area contributed by atoms with Gasteiger partial charge >= 0.3 is 5.69 Å². The number of aromatic nitrogens is 2. The molecule has 21 heavy (non-hydrogen) atoms. The molecule has 0 bridgehead atoms. The molecule has 0 spiro atoms. The average molecular weight is 288 g/mol. The first kappa shape index (κ1) is 13.9. The van der Waals surface area contributed by atoms with Gasteiger partial charge in [-0.2, -0.15) is 0 Å². The number of aromatic amines is 1. The number of nitrogens with two attached hydrogens (primary N) is 1. The molecule has 0 unspecified atom stereocenters. The first-order chi connectivity index (χ1) is 10.2. The first-order valence-corrected chi connectivity index (χ1v) is 7.43. The van der Waals surface area contributed by atoms with Gasteiger partial charge in [0.05, 0.1) is 11.0 Å². The summed E-state index contributed by atoms with van der Waals surface area (Å²) in [6, 6.07) is 5.62. The molecule has 1 heterocycles. The number of hydrogen-bond acceptors (Lipinski definition) is 3. The Morgan fingerprint density at radius 1 is 1.38 bits per heavy atom. The zero-order valence-electron chi connectivity index (χ0n) is 11.9. The Kier molecular flexibility index (Phi) is 3.79. The Morgan fingerprint density at radius 2 is 2.14 bits per heavy atom. The van der Waals surface area contributed by atoms with Crippen molar-refractivity contribution in [3.05, 3.63) is 34.2 Å². The third kappa shape index (κ3) is 2.58. The smallest absolute Gasteiger partial charge is 0.326 e. The van der Waals surface area contributed by atoms with Crippen LogP contribution in [0.2, 0.25) is 0 Å². The van der Waals surface area contributed by atoms with E-state index in [0.717, 1.165) is 18.4 Å². The number of H-pyrrole nitrogens is 1. The van der Waals surface area contributed by atoms with Gasteiger partial charge < -0.3 is 16.0 Å². The normalized spacial score (nSPS) is 15.7. The van der Waals surface area contributed by atoms with E-state index in [-0.39, 0.29) is 17.6 Å². The highest BCUT2D eigenvalue weighted by Crippen LogP contribution is 2.30. The molecule has 112 valence electrons. The maximum atomic E-state index is 12.2. The van der Waals surface area contributed by atoms with Crippen molar-refractivity contribution in [1.29, 1.82) is 0 Å². The fraction of sp³-hybridized carbons (Fsp3) is 0.467. The van der Waals surface area contributed by atoms with Crippen molar-refractivity contribution in [1.82, 2.24) is 14.9 Å². The maximum Gasteiger partial charge on any atom is 0.326 e. The Morgan fingerprint density at radius 3 is 2.86 bits per heavy atom. The topological polar surface area (TPSA) is 92.9 Å². The summed E-state index contributed by atoms with van der Waals surface area (Å²) < 4.78 is 1.84. The van der Waals surface area contributed by atoms with Crippen LogP contribution in [0.25, 0.3) is 11.0 Å². The van der Waals surface area contributed by atoms with E-state index >= 15 is 0 Å². The van der Waals surface area contributed by atoms with Crippen LogP contribution >= 0.6 is 0 Å². The summed E-state index contributed by atoms with van der Waals surface area (Å²) in [5.74, 6) is -0.170. The molecule has 3 rings (SSSR count). The van der Waals surface area contributed by atoms with Crippen LogP contribution in [0.1, 0.15) is 42.1 Å². The summed E-state index contributed by atoms with van der Waals surface area (Å²) in [7, 11) is 0. The summed E-state index contributed by atoms with van der Waals surface area (Å²) in [6.07, 6.45) is 4.43. The molecule has 0 saturated heterocycles. The highest BCUT2D eigenvalue weighted by molar-refractivity contribution is 5.97. The van der Waals surface area contributed by atoms with E-state index in [1.165, 1.54) is 12.8 Å². The third-order valence-electron chi connectivity index (χ3n) is 4.10. The molecule has 0 atom stereocenters. The van der Waals surface area contributed by atoms with Crippen molar-refractivity contribution in [2.24, 2.45) is 5.73 Å². The molecule has 1 aromatic heterocycles. The molecule has 0 radical (unpaired) electrons. The molecule has 4 N–H and O–H groups in total. The van der Waals surface area contributed by atoms with Gasteiger partial charge in [0.15, 0.2) is 0 Å². The van der Waals surface area contributed by atoms with Gasteiger partial charge in [0.2, 0.25) is 0 Å². The molecule has 2 aromatic rings. The second kappa shape index (κ2) is 5.73. The Labute approximate surface area is 122 Å². The lowest BCUT2D eigenvalue weighted by Gasteiger charge is -2.11. The van der Waals surface area contributed by atoms with Gasteiger partial charge in [0, 0.05) is 24.7 Å². The van der Waals surface area contributed by atoms with Crippen LogP contribution in [0.3, 0.4) is 0 Å². The summed E-state index contributed by atoms with van der Waals surface area (Å²) in [5.41, 5.74) is 7.42. The second-order valence-corrected chi connectivity index (χ2v) is 5.51. The molecule has 6 heteroatoms. The fourth-order valence-electron chi connectivity index (χ4n) is 3.09. The molecular weight excluding hydrogens is 268 g/mol. The van der Waals surface area contributed by atoms with Crippen LogP contribution in [0, 0.1) is 0 Å². The number of benzene rings is 1. The molecule has 6 nitrogen and oxygen atoms in total. The molecule has 1 amide bonds. The molecular formula is C15H20N4O2. The van der Waals surface area contributed by atoms with E-state index in [2.05, 4.69) is 10.3 Å². The van der Waals surface area contributed by atoms with Gasteiger partial charge in [-0.25, -0.2) is 4.79 Å². The molecule has 1 aromatic carbocycles. The van der Waals surface area contributed by atoms with Crippen LogP contribution in [0.5, 0.6) is 0 Å². The number of nitrogens with one attached hydrogen (secondary N) is 2. The summed E-state index contributed by atoms with van der Waals surface area (Å²) in [5, 5.41) is 2.73. The van der Waals surface area contributed by atoms with Gasteiger partial charge in [-0.1, -0.05) is 12.8 Å². The summed E-state index contributed by atoms with van der Waals surface area (Å²) in [6.45, 7) is 0.847. The second-order valence-electron chi connectivity index (χ2n) is 5.51. The van der Waals surface area contributed by atoms with Gasteiger partial charge in [0.1, 0.15) is 0 Å². The third-order valence-corrected chi connectivity index (χ3v) is 4.10. The minimum Gasteiger partial charge on any atom is -0.351 e. The molecule has 1 saturated carbocycles.